The standard InChI is InChI=1S/C12H25NO/c1-6-7-8-11(13-10(4)5)12(14)9(2)3/h9-11,13H,6-8H2,1-5H3. The van der Waals surface area contributed by atoms with Crippen LogP contribution >= 0.6 is 0 Å². The molecule has 0 aromatic rings. The highest BCUT2D eigenvalue weighted by molar-refractivity contribution is 5.85. The molecule has 0 saturated carbocycles. The molecule has 14 heavy (non-hydrogen) atoms. The Bertz CT molecular complexity index is 164. The van der Waals surface area contributed by atoms with Crippen LogP contribution < -0.4 is 5.32 Å². The Morgan fingerprint density at radius 2 is 1.79 bits per heavy atom. The van der Waals surface area contributed by atoms with Crippen molar-refractivity contribution in [1.82, 2.24) is 5.32 Å². The first kappa shape index (κ1) is 13.6. The van der Waals surface area contributed by atoms with Gasteiger partial charge < -0.3 is 5.32 Å². The smallest absolute Gasteiger partial charge is 0.152 e. The van der Waals surface area contributed by atoms with Crippen molar-refractivity contribution in [3.05, 3.63) is 0 Å². The summed E-state index contributed by atoms with van der Waals surface area (Å²) < 4.78 is 0. The zero-order chi connectivity index (χ0) is 11.1. The third kappa shape index (κ3) is 5.38. The Kier molecular flexibility index (Phi) is 6.81. The first-order chi connectivity index (χ1) is 6.49. The topological polar surface area (TPSA) is 29.1 Å². The average molecular weight is 199 g/mol. The minimum atomic E-state index is 0.0648. The molecule has 0 rings (SSSR count). The largest absolute Gasteiger partial charge is 0.305 e. The first-order valence-corrected chi connectivity index (χ1v) is 5.78. The van der Waals surface area contributed by atoms with Crippen LogP contribution in [0.25, 0.3) is 0 Å². The van der Waals surface area contributed by atoms with Gasteiger partial charge >= 0.3 is 0 Å². The zero-order valence-electron chi connectivity index (χ0n) is 10.3. The quantitative estimate of drug-likeness (QED) is 0.683. The Balaban J connectivity index is 4.15. The van der Waals surface area contributed by atoms with Crippen LogP contribution in [0.15, 0.2) is 0 Å². The molecule has 0 fully saturated rings. The maximum Gasteiger partial charge on any atom is 0.152 e. The van der Waals surface area contributed by atoms with Crippen LogP contribution in [0.4, 0.5) is 0 Å². The predicted molar refractivity (Wildman–Crippen MR) is 61.4 cm³/mol. The maximum absolute atomic E-state index is 11.8. The highest BCUT2D eigenvalue weighted by Crippen LogP contribution is 2.08. The van der Waals surface area contributed by atoms with Gasteiger partial charge in [0.2, 0.25) is 0 Å². The average Bonchev–Trinajstić information content (AvgIpc) is 2.10. The summed E-state index contributed by atoms with van der Waals surface area (Å²) in [7, 11) is 0. The molecular formula is C12H25NO. The van der Waals surface area contributed by atoms with Crippen LogP contribution in [0.3, 0.4) is 0 Å². The summed E-state index contributed by atoms with van der Waals surface area (Å²) in [5.41, 5.74) is 0. The fourth-order valence-electron chi connectivity index (χ4n) is 1.52. The molecule has 1 unspecified atom stereocenters. The molecule has 2 nitrogen and oxygen atoms in total. The summed E-state index contributed by atoms with van der Waals surface area (Å²) >= 11 is 0. The first-order valence-electron chi connectivity index (χ1n) is 5.78. The van der Waals surface area contributed by atoms with Gasteiger partial charge in [-0.05, 0) is 6.42 Å². The highest BCUT2D eigenvalue weighted by atomic mass is 16.1. The van der Waals surface area contributed by atoms with Gasteiger partial charge in [-0.25, -0.2) is 0 Å². The molecular weight excluding hydrogens is 174 g/mol. The van der Waals surface area contributed by atoms with Crippen molar-refractivity contribution < 1.29 is 4.79 Å². The van der Waals surface area contributed by atoms with Crippen molar-refractivity contribution in [3.8, 4) is 0 Å². The van der Waals surface area contributed by atoms with Gasteiger partial charge in [-0.3, -0.25) is 4.79 Å². The van der Waals surface area contributed by atoms with Crippen LogP contribution in [0.2, 0.25) is 0 Å². The monoisotopic (exact) mass is 199 g/mol. The lowest BCUT2D eigenvalue weighted by Gasteiger charge is -2.21. The van der Waals surface area contributed by atoms with Gasteiger partial charge in [-0.1, -0.05) is 47.5 Å². The molecule has 0 aliphatic rings. The normalized spacial score (nSPS) is 13.6. The Hall–Kier alpha value is -0.370. The highest BCUT2D eigenvalue weighted by Gasteiger charge is 2.20. The van der Waals surface area contributed by atoms with E-state index in [9.17, 15) is 4.79 Å². The third-order valence-electron chi connectivity index (χ3n) is 2.29. The van der Waals surface area contributed by atoms with Crippen molar-refractivity contribution in [1.29, 1.82) is 0 Å². The van der Waals surface area contributed by atoms with E-state index in [1.54, 1.807) is 0 Å². The van der Waals surface area contributed by atoms with E-state index < -0.39 is 0 Å². The molecule has 0 bridgehead atoms. The Morgan fingerprint density at radius 3 is 2.14 bits per heavy atom. The molecule has 0 aliphatic carbocycles. The second-order valence-corrected chi connectivity index (χ2v) is 4.57. The second kappa shape index (κ2) is 6.99. The molecule has 0 radical (unpaired) electrons. The van der Waals surface area contributed by atoms with E-state index >= 15 is 0 Å². The van der Waals surface area contributed by atoms with Crippen LogP contribution in [-0.2, 0) is 4.79 Å². The van der Waals surface area contributed by atoms with Gasteiger partial charge in [-0.15, -0.1) is 0 Å². The van der Waals surface area contributed by atoms with Crippen LogP contribution in [-0.4, -0.2) is 17.9 Å². The minimum Gasteiger partial charge on any atom is -0.305 e. The van der Waals surface area contributed by atoms with E-state index in [1.165, 1.54) is 0 Å². The summed E-state index contributed by atoms with van der Waals surface area (Å²) in [6, 6.07) is 0.453. The van der Waals surface area contributed by atoms with Crippen molar-refractivity contribution in [2.75, 3.05) is 0 Å². The van der Waals surface area contributed by atoms with Crippen molar-refractivity contribution in [3.63, 3.8) is 0 Å². The summed E-state index contributed by atoms with van der Waals surface area (Å²) in [5.74, 6) is 0.496. The molecule has 0 heterocycles. The summed E-state index contributed by atoms with van der Waals surface area (Å²) in [5, 5.41) is 3.35. The van der Waals surface area contributed by atoms with E-state index in [0.717, 1.165) is 19.3 Å². The lowest BCUT2D eigenvalue weighted by molar-refractivity contribution is -0.124. The number of nitrogens with one attached hydrogen (secondary N) is 1. The lowest BCUT2D eigenvalue weighted by Crippen LogP contribution is -2.42. The van der Waals surface area contributed by atoms with Gasteiger partial charge in [-0.2, -0.15) is 0 Å². The number of unbranched alkanes of at least 4 members (excludes halogenated alkanes) is 1. The molecule has 0 saturated heterocycles. The maximum atomic E-state index is 11.8. The van der Waals surface area contributed by atoms with E-state index in [4.69, 9.17) is 0 Å². The Labute approximate surface area is 88.5 Å². The number of carbonyl (C=O) groups excluding carboxylic acids is 1. The second-order valence-electron chi connectivity index (χ2n) is 4.57. The van der Waals surface area contributed by atoms with Gasteiger partial charge in [0.15, 0.2) is 5.78 Å². The molecule has 84 valence electrons. The lowest BCUT2D eigenvalue weighted by atomic mass is 9.97. The van der Waals surface area contributed by atoms with Crippen molar-refractivity contribution in [2.24, 2.45) is 5.92 Å². The Morgan fingerprint density at radius 1 is 1.21 bits per heavy atom. The van der Waals surface area contributed by atoms with Gasteiger partial charge in [0, 0.05) is 12.0 Å². The summed E-state index contributed by atoms with van der Waals surface area (Å²) in [6.45, 7) is 10.3. The van der Waals surface area contributed by atoms with Gasteiger partial charge in [0.25, 0.3) is 0 Å². The number of hydrogen-bond donors (Lipinski definition) is 1. The number of ketones is 1. The molecule has 0 spiro atoms. The zero-order valence-corrected chi connectivity index (χ0v) is 10.3. The summed E-state index contributed by atoms with van der Waals surface area (Å²) in [4.78, 5) is 11.8. The molecule has 1 N–H and O–H groups in total. The SMILES string of the molecule is CCCCC(NC(C)C)C(=O)C(C)C. The van der Waals surface area contributed by atoms with E-state index in [1.807, 2.05) is 13.8 Å². The van der Waals surface area contributed by atoms with Gasteiger partial charge in [0.05, 0.1) is 6.04 Å². The molecule has 0 aliphatic heterocycles. The van der Waals surface area contributed by atoms with Gasteiger partial charge in [0.1, 0.15) is 0 Å². The predicted octanol–water partition coefficient (Wildman–Crippen LogP) is 2.77. The number of hydrogen-bond acceptors (Lipinski definition) is 2. The molecule has 0 aromatic heterocycles. The fourth-order valence-corrected chi connectivity index (χ4v) is 1.52. The fraction of sp³-hybridized carbons (Fsp3) is 0.917. The molecule has 2 heteroatoms. The van der Waals surface area contributed by atoms with E-state index in [2.05, 4.69) is 26.1 Å². The molecule has 1 atom stereocenters. The van der Waals surface area contributed by atoms with Crippen LogP contribution in [0.1, 0.15) is 53.9 Å². The van der Waals surface area contributed by atoms with Crippen molar-refractivity contribution >= 4 is 5.78 Å². The molecule has 0 aromatic carbocycles. The van der Waals surface area contributed by atoms with Crippen LogP contribution in [0.5, 0.6) is 0 Å². The van der Waals surface area contributed by atoms with Crippen molar-refractivity contribution in [2.45, 2.75) is 66.0 Å². The van der Waals surface area contributed by atoms with E-state index in [-0.39, 0.29) is 12.0 Å². The number of carbonyl (C=O) groups is 1. The molecule has 0 amide bonds. The van der Waals surface area contributed by atoms with Crippen LogP contribution in [0, 0.1) is 5.92 Å². The minimum absolute atomic E-state index is 0.0648. The number of Topliss-reactive ketones (excluding diaryl/α,β-unsaturated/α-hetero) is 1. The van der Waals surface area contributed by atoms with E-state index in [0.29, 0.717) is 11.8 Å². The third-order valence-corrected chi connectivity index (χ3v) is 2.29. The number of rotatable bonds is 7. The summed E-state index contributed by atoms with van der Waals surface area (Å²) in [6.07, 6.45) is 3.26.